The minimum Gasteiger partial charge on any atom is -0.338 e. The summed E-state index contributed by atoms with van der Waals surface area (Å²) < 4.78 is 0. The van der Waals surface area contributed by atoms with Crippen LogP contribution in [-0.4, -0.2) is 18.1 Å². The molecule has 0 aromatic rings. The first-order valence-corrected chi connectivity index (χ1v) is 5.20. The Morgan fingerprint density at radius 3 is 2.57 bits per heavy atom. The van der Waals surface area contributed by atoms with E-state index in [9.17, 15) is 4.79 Å². The number of nitrogens with zero attached hydrogens (tertiary/aromatic N) is 1. The standard InChI is InChI=1S/C10H17N3O/c1-2-12-9(14)13-10(8-11)6-4-3-5-7-10/h2-7H2,1H3,(H2,12,13,14). The number of hydrogen-bond acceptors (Lipinski definition) is 2. The molecule has 1 aliphatic rings. The van der Waals surface area contributed by atoms with Crippen molar-refractivity contribution in [3.8, 4) is 6.07 Å². The van der Waals surface area contributed by atoms with Crippen LogP contribution in [0, 0.1) is 11.3 Å². The zero-order valence-corrected chi connectivity index (χ0v) is 8.60. The molecule has 78 valence electrons. The van der Waals surface area contributed by atoms with Gasteiger partial charge < -0.3 is 10.6 Å². The van der Waals surface area contributed by atoms with E-state index in [-0.39, 0.29) is 6.03 Å². The van der Waals surface area contributed by atoms with Crippen LogP contribution in [0.15, 0.2) is 0 Å². The Morgan fingerprint density at radius 2 is 2.07 bits per heavy atom. The summed E-state index contributed by atoms with van der Waals surface area (Å²) in [7, 11) is 0. The topological polar surface area (TPSA) is 64.9 Å². The first-order chi connectivity index (χ1) is 6.72. The Bertz CT molecular complexity index is 238. The van der Waals surface area contributed by atoms with Gasteiger partial charge in [-0.05, 0) is 19.8 Å². The number of nitriles is 1. The Hall–Kier alpha value is -1.24. The average Bonchev–Trinajstić information content (AvgIpc) is 2.19. The number of carbonyl (C=O) groups excluding carboxylic acids is 1. The fourth-order valence-electron chi connectivity index (χ4n) is 1.84. The van der Waals surface area contributed by atoms with Crippen molar-refractivity contribution in [1.29, 1.82) is 5.26 Å². The molecule has 1 fully saturated rings. The maximum Gasteiger partial charge on any atom is 0.316 e. The molecule has 0 bridgehead atoms. The van der Waals surface area contributed by atoms with E-state index >= 15 is 0 Å². The monoisotopic (exact) mass is 195 g/mol. The fraction of sp³-hybridized carbons (Fsp3) is 0.800. The summed E-state index contributed by atoms with van der Waals surface area (Å²) in [5.74, 6) is 0. The number of nitrogens with one attached hydrogen (secondary N) is 2. The maximum absolute atomic E-state index is 11.3. The molecule has 14 heavy (non-hydrogen) atoms. The summed E-state index contributed by atoms with van der Waals surface area (Å²) >= 11 is 0. The summed E-state index contributed by atoms with van der Waals surface area (Å²) in [5, 5.41) is 14.5. The molecule has 0 atom stereocenters. The lowest BCUT2D eigenvalue weighted by molar-refractivity contribution is 0.222. The molecule has 0 heterocycles. The van der Waals surface area contributed by atoms with Gasteiger partial charge in [-0.2, -0.15) is 5.26 Å². The Kier molecular flexibility index (Phi) is 3.75. The number of amides is 2. The van der Waals surface area contributed by atoms with Crippen molar-refractivity contribution in [1.82, 2.24) is 10.6 Å². The van der Waals surface area contributed by atoms with Crippen LogP contribution >= 0.6 is 0 Å². The van der Waals surface area contributed by atoms with Gasteiger partial charge in [0.25, 0.3) is 0 Å². The molecule has 0 aromatic carbocycles. The number of hydrogen-bond donors (Lipinski definition) is 2. The van der Waals surface area contributed by atoms with Crippen molar-refractivity contribution in [3.63, 3.8) is 0 Å². The van der Waals surface area contributed by atoms with E-state index in [0.717, 1.165) is 25.7 Å². The van der Waals surface area contributed by atoms with Crippen LogP contribution in [0.5, 0.6) is 0 Å². The lowest BCUT2D eigenvalue weighted by atomic mass is 9.83. The van der Waals surface area contributed by atoms with E-state index in [1.165, 1.54) is 6.42 Å². The largest absolute Gasteiger partial charge is 0.338 e. The molecule has 0 radical (unpaired) electrons. The number of carbonyl (C=O) groups is 1. The minimum absolute atomic E-state index is 0.226. The van der Waals surface area contributed by atoms with E-state index in [2.05, 4.69) is 16.7 Å². The Balaban J connectivity index is 2.52. The molecule has 1 saturated carbocycles. The summed E-state index contributed by atoms with van der Waals surface area (Å²) in [6.07, 6.45) is 4.78. The molecule has 2 amide bonds. The van der Waals surface area contributed by atoms with Gasteiger partial charge in [-0.25, -0.2) is 4.79 Å². The Labute approximate surface area is 84.7 Å². The van der Waals surface area contributed by atoms with Gasteiger partial charge in [0, 0.05) is 6.54 Å². The first-order valence-electron chi connectivity index (χ1n) is 5.20. The van der Waals surface area contributed by atoms with Gasteiger partial charge >= 0.3 is 6.03 Å². The van der Waals surface area contributed by atoms with Crippen LogP contribution in [0.2, 0.25) is 0 Å². The van der Waals surface area contributed by atoms with Crippen LogP contribution in [0.1, 0.15) is 39.0 Å². The highest BCUT2D eigenvalue weighted by molar-refractivity contribution is 5.75. The predicted molar refractivity (Wildman–Crippen MR) is 53.6 cm³/mol. The van der Waals surface area contributed by atoms with Gasteiger partial charge in [0.2, 0.25) is 0 Å². The Morgan fingerprint density at radius 1 is 1.43 bits per heavy atom. The summed E-state index contributed by atoms with van der Waals surface area (Å²) in [5.41, 5.74) is -0.614. The third-order valence-electron chi connectivity index (χ3n) is 2.61. The highest BCUT2D eigenvalue weighted by Gasteiger charge is 2.33. The molecule has 0 aliphatic heterocycles. The van der Waals surface area contributed by atoms with Gasteiger partial charge in [-0.3, -0.25) is 0 Å². The predicted octanol–water partition coefficient (Wildman–Crippen LogP) is 1.53. The number of urea groups is 1. The minimum atomic E-state index is -0.614. The third kappa shape index (κ3) is 2.63. The van der Waals surface area contributed by atoms with Gasteiger partial charge in [0.1, 0.15) is 5.54 Å². The summed E-state index contributed by atoms with van der Waals surface area (Å²) in [6, 6.07) is 2.01. The molecular formula is C10H17N3O. The van der Waals surface area contributed by atoms with Gasteiger partial charge in [-0.1, -0.05) is 19.3 Å². The maximum atomic E-state index is 11.3. The molecule has 0 saturated heterocycles. The highest BCUT2D eigenvalue weighted by Crippen LogP contribution is 2.27. The number of rotatable bonds is 2. The lowest BCUT2D eigenvalue weighted by Crippen LogP contribution is -2.52. The second-order valence-corrected chi connectivity index (χ2v) is 3.74. The lowest BCUT2D eigenvalue weighted by Gasteiger charge is -2.31. The first kappa shape index (κ1) is 10.8. The molecule has 1 rings (SSSR count). The van der Waals surface area contributed by atoms with Gasteiger partial charge in [-0.15, -0.1) is 0 Å². The van der Waals surface area contributed by atoms with Crippen molar-refractivity contribution in [2.75, 3.05) is 6.54 Å². The second kappa shape index (κ2) is 4.85. The molecule has 4 nitrogen and oxygen atoms in total. The van der Waals surface area contributed by atoms with E-state index in [4.69, 9.17) is 5.26 Å². The SMILES string of the molecule is CCNC(=O)NC1(C#N)CCCCC1. The summed E-state index contributed by atoms with van der Waals surface area (Å²) in [4.78, 5) is 11.3. The van der Waals surface area contributed by atoms with E-state index in [1.54, 1.807) is 0 Å². The van der Waals surface area contributed by atoms with Crippen molar-refractivity contribution < 1.29 is 4.79 Å². The van der Waals surface area contributed by atoms with Gasteiger partial charge in [0.15, 0.2) is 0 Å². The van der Waals surface area contributed by atoms with E-state index in [1.807, 2.05) is 6.92 Å². The van der Waals surface area contributed by atoms with E-state index in [0.29, 0.717) is 6.54 Å². The van der Waals surface area contributed by atoms with Crippen LogP contribution in [0.4, 0.5) is 4.79 Å². The zero-order chi connectivity index (χ0) is 10.4. The highest BCUT2D eigenvalue weighted by atomic mass is 16.2. The molecular weight excluding hydrogens is 178 g/mol. The smallest absolute Gasteiger partial charge is 0.316 e. The molecule has 4 heteroatoms. The van der Waals surface area contributed by atoms with Crippen molar-refractivity contribution >= 4 is 6.03 Å². The van der Waals surface area contributed by atoms with Crippen LogP contribution < -0.4 is 10.6 Å². The van der Waals surface area contributed by atoms with Crippen LogP contribution in [-0.2, 0) is 0 Å². The van der Waals surface area contributed by atoms with Crippen molar-refractivity contribution in [3.05, 3.63) is 0 Å². The van der Waals surface area contributed by atoms with Crippen molar-refractivity contribution in [2.24, 2.45) is 0 Å². The van der Waals surface area contributed by atoms with Crippen molar-refractivity contribution in [2.45, 2.75) is 44.6 Å². The van der Waals surface area contributed by atoms with E-state index < -0.39 is 5.54 Å². The normalized spacial score (nSPS) is 19.4. The molecule has 1 aliphatic carbocycles. The molecule has 0 unspecified atom stereocenters. The van der Waals surface area contributed by atoms with Crippen LogP contribution in [0.25, 0.3) is 0 Å². The second-order valence-electron chi connectivity index (χ2n) is 3.74. The molecule has 0 aromatic heterocycles. The van der Waals surface area contributed by atoms with Crippen LogP contribution in [0.3, 0.4) is 0 Å². The quantitative estimate of drug-likeness (QED) is 0.701. The zero-order valence-electron chi connectivity index (χ0n) is 8.60. The molecule has 2 N–H and O–H groups in total. The molecule has 0 spiro atoms. The summed E-state index contributed by atoms with van der Waals surface area (Å²) in [6.45, 7) is 2.45. The third-order valence-corrected chi connectivity index (χ3v) is 2.61. The fourth-order valence-corrected chi connectivity index (χ4v) is 1.84. The van der Waals surface area contributed by atoms with Gasteiger partial charge in [0.05, 0.1) is 6.07 Å². The average molecular weight is 195 g/mol.